The summed E-state index contributed by atoms with van der Waals surface area (Å²) in [6.45, 7) is 0.845. The second kappa shape index (κ2) is 7.01. The second-order valence-corrected chi connectivity index (χ2v) is 6.97. The van der Waals surface area contributed by atoms with Gasteiger partial charge in [-0.25, -0.2) is 13.6 Å². The average Bonchev–Trinajstić information content (AvgIpc) is 2.82. The van der Waals surface area contributed by atoms with Gasteiger partial charge in [0.25, 0.3) is 5.91 Å². The fraction of sp³-hybridized carbons (Fsp3) is 0.500. The Bertz CT molecular complexity index is 749. The average molecular weight is 365 g/mol. The molecule has 1 aliphatic carbocycles. The van der Waals surface area contributed by atoms with Gasteiger partial charge in [-0.2, -0.15) is 0 Å². The summed E-state index contributed by atoms with van der Waals surface area (Å²) in [5, 5.41) is 5.20. The molecule has 0 bridgehead atoms. The number of carbonyl (C=O) groups is 3. The van der Waals surface area contributed by atoms with Crippen LogP contribution in [0.1, 0.15) is 44.6 Å². The molecule has 0 radical (unpaired) electrons. The van der Waals surface area contributed by atoms with Gasteiger partial charge in [-0.3, -0.25) is 14.5 Å². The molecule has 6 nitrogen and oxygen atoms in total. The van der Waals surface area contributed by atoms with Crippen molar-refractivity contribution in [1.82, 2.24) is 15.5 Å². The number of carbonyl (C=O) groups excluding carboxylic acids is 3. The number of benzene rings is 1. The summed E-state index contributed by atoms with van der Waals surface area (Å²) in [5.74, 6) is -2.76. The van der Waals surface area contributed by atoms with Crippen molar-refractivity contribution >= 4 is 17.8 Å². The number of rotatable bonds is 4. The third-order valence-electron chi connectivity index (χ3n) is 5.01. The molecule has 2 fully saturated rings. The first-order valence-corrected chi connectivity index (χ1v) is 8.70. The summed E-state index contributed by atoms with van der Waals surface area (Å²) < 4.78 is 27.6. The van der Waals surface area contributed by atoms with Crippen molar-refractivity contribution in [1.29, 1.82) is 0 Å². The summed E-state index contributed by atoms with van der Waals surface area (Å²) in [7, 11) is 0. The van der Waals surface area contributed by atoms with Crippen LogP contribution >= 0.6 is 0 Å². The lowest BCUT2D eigenvalue weighted by atomic mass is 9.91. The number of hydrogen-bond donors (Lipinski definition) is 2. The van der Waals surface area contributed by atoms with E-state index >= 15 is 0 Å². The number of hydrogen-bond acceptors (Lipinski definition) is 3. The van der Waals surface area contributed by atoms with Gasteiger partial charge in [0, 0.05) is 11.6 Å². The summed E-state index contributed by atoms with van der Waals surface area (Å²) in [5.41, 5.74) is -2.03. The van der Waals surface area contributed by atoms with Gasteiger partial charge in [-0.1, -0.05) is 19.3 Å². The van der Waals surface area contributed by atoms with Crippen LogP contribution in [0.4, 0.5) is 13.6 Å². The zero-order valence-electron chi connectivity index (χ0n) is 14.5. The SMILES string of the molecule is C[C@@]1(c2cc(F)ccc2F)NC(=O)N(CC(=O)NC2CCCCC2)C1=O. The molecule has 3 rings (SSSR count). The van der Waals surface area contributed by atoms with Crippen molar-refractivity contribution in [3.63, 3.8) is 0 Å². The number of urea groups is 1. The minimum atomic E-state index is -1.76. The minimum Gasteiger partial charge on any atom is -0.352 e. The van der Waals surface area contributed by atoms with Gasteiger partial charge in [0.2, 0.25) is 5.91 Å². The highest BCUT2D eigenvalue weighted by atomic mass is 19.1. The number of nitrogens with zero attached hydrogens (tertiary/aromatic N) is 1. The van der Waals surface area contributed by atoms with Crippen LogP contribution in [0.15, 0.2) is 18.2 Å². The molecular formula is C18H21F2N3O3. The minimum absolute atomic E-state index is 0.0454. The van der Waals surface area contributed by atoms with Gasteiger partial charge in [0.15, 0.2) is 0 Å². The molecule has 140 valence electrons. The highest BCUT2D eigenvalue weighted by Crippen LogP contribution is 2.31. The number of imide groups is 1. The van der Waals surface area contributed by atoms with E-state index in [1.54, 1.807) is 0 Å². The largest absolute Gasteiger partial charge is 0.352 e. The first kappa shape index (κ1) is 18.3. The van der Waals surface area contributed by atoms with E-state index in [4.69, 9.17) is 0 Å². The van der Waals surface area contributed by atoms with E-state index in [1.807, 2.05) is 0 Å². The number of halogens is 2. The van der Waals surface area contributed by atoms with Crippen LogP contribution < -0.4 is 10.6 Å². The van der Waals surface area contributed by atoms with E-state index in [1.165, 1.54) is 6.92 Å². The highest BCUT2D eigenvalue weighted by molar-refractivity contribution is 6.09. The van der Waals surface area contributed by atoms with E-state index in [2.05, 4.69) is 10.6 Å². The molecule has 1 heterocycles. The summed E-state index contributed by atoms with van der Waals surface area (Å²) in [6.07, 6.45) is 4.95. The molecule has 2 aliphatic rings. The smallest absolute Gasteiger partial charge is 0.325 e. The lowest BCUT2D eigenvalue weighted by molar-refractivity contribution is -0.135. The quantitative estimate of drug-likeness (QED) is 0.803. The Morgan fingerprint density at radius 3 is 2.65 bits per heavy atom. The zero-order valence-corrected chi connectivity index (χ0v) is 14.5. The maximum absolute atomic E-state index is 14.1. The van der Waals surface area contributed by atoms with Crippen molar-refractivity contribution in [3.8, 4) is 0 Å². The number of nitrogens with one attached hydrogen (secondary N) is 2. The molecule has 4 amide bonds. The van der Waals surface area contributed by atoms with Crippen molar-refractivity contribution in [2.24, 2.45) is 0 Å². The molecule has 1 saturated heterocycles. The van der Waals surface area contributed by atoms with Gasteiger partial charge in [-0.05, 0) is 38.0 Å². The van der Waals surface area contributed by atoms with E-state index in [0.29, 0.717) is 0 Å². The molecule has 1 aromatic carbocycles. The van der Waals surface area contributed by atoms with Crippen LogP contribution in [0.3, 0.4) is 0 Å². The fourth-order valence-corrected chi connectivity index (χ4v) is 3.57. The first-order chi connectivity index (χ1) is 12.3. The molecule has 0 aromatic heterocycles. The predicted molar refractivity (Wildman–Crippen MR) is 89.0 cm³/mol. The number of amides is 4. The van der Waals surface area contributed by atoms with Gasteiger partial charge >= 0.3 is 6.03 Å². The summed E-state index contributed by atoms with van der Waals surface area (Å²) >= 11 is 0. The van der Waals surface area contributed by atoms with E-state index in [9.17, 15) is 23.2 Å². The van der Waals surface area contributed by atoms with Crippen molar-refractivity contribution < 1.29 is 23.2 Å². The van der Waals surface area contributed by atoms with Crippen LogP contribution in [-0.4, -0.2) is 35.3 Å². The van der Waals surface area contributed by atoms with Crippen molar-refractivity contribution in [2.45, 2.75) is 50.6 Å². The van der Waals surface area contributed by atoms with Crippen LogP contribution in [0, 0.1) is 11.6 Å². The summed E-state index contributed by atoms with van der Waals surface area (Å²) in [6, 6.07) is 1.94. The van der Waals surface area contributed by atoms with Crippen LogP contribution in [-0.2, 0) is 15.1 Å². The topological polar surface area (TPSA) is 78.5 Å². The molecule has 1 atom stereocenters. The van der Waals surface area contributed by atoms with Crippen molar-refractivity contribution in [2.75, 3.05) is 6.54 Å². The normalized spacial score (nSPS) is 23.9. The molecule has 0 unspecified atom stereocenters. The van der Waals surface area contributed by atoms with Gasteiger partial charge in [-0.15, -0.1) is 0 Å². The Morgan fingerprint density at radius 1 is 1.27 bits per heavy atom. The van der Waals surface area contributed by atoms with Crippen LogP contribution in [0.25, 0.3) is 0 Å². The molecule has 1 aliphatic heterocycles. The van der Waals surface area contributed by atoms with Crippen molar-refractivity contribution in [3.05, 3.63) is 35.4 Å². The van der Waals surface area contributed by atoms with Gasteiger partial charge < -0.3 is 10.6 Å². The lowest BCUT2D eigenvalue weighted by Gasteiger charge is -2.24. The Hall–Kier alpha value is -2.51. The maximum Gasteiger partial charge on any atom is 0.325 e. The van der Waals surface area contributed by atoms with Crippen LogP contribution in [0.5, 0.6) is 0 Å². The monoisotopic (exact) mass is 365 g/mol. The predicted octanol–water partition coefficient (Wildman–Crippen LogP) is 2.18. The Kier molecular flexibility index (Phi) is 4.93. The molecule has 26 heavy (non-hydrogen) atoms. The standard InChI is InChI=1S/C18H21F2N3O3/c1-18(13-9-11(19)7-8-14(13)20)16(25)23(17(26)22-18)10-15(24)21-12-5-3-2-4-6-12/h7-9,12H,2-6,10H2,1H3,(H,21,24)(H,22,26)/t18-/m0/s1. The van der Waals surface area contributed by atoms with E-state index in [0.717, 1.165) is 55.2 Å². The molecule has 1 aromatic rings. The molecular weight excluding hydrogens is 344 g/mol. The van der Waals surface area contributed by atoms with E-state index in [-0.39, 0.29) is 11.6 Å². The Morgan fingerprint density at radius 2 is 1.96 bits per heavy atom. The fourth-order valence-electron chi connectivity index (χ4n) is 3.57. The maximum atomic E-state index is 14.1. The van der Waals surface area contributed by atoms with Gasteiger partial charge in [0.05, 0.1) is 0 Å². The summed E-state index contributed by atoms with van der Waals surface area (Å²) in [4.78, 5) is 37.8. The third kappa shape index (κ3) is 3.40. The first-order valence-electron chi connectivity index (χ1n) is 8.70. The Balaban J connectivity index is 1.74. The zero-order chi connectivity index (χ0) is 18.9. The van der Waals surface area contributed by atoms with E-state index < -0.39 is 41.6 Å². The molecule has 1 saturated carbocycles. The highest BCUT2D eigenvalue weighted by Gasteiger charge is 2.50. The van der Waals surface area contributed by atoms with Gasteiger partial charge in [0.1, 0.15) is 23.7 Å². The second-order valence-electron chi connectivity index (χ2n) is 6.97. The lowest BCUT2D eigenvalue weighted by Crippen LogP contribution is -2.46. The molecule has 0 spiro atoms. The molecule has 8 heteroatoms. The molecule has 2 N–H and O–H groups in total. The van der Waals surface area contributed by atoms with Crippen LogP contribution in [0.2, 0.25) is 0 Å². The Labute approximate surface area is 149 Å². The third-order valence-corrected chi connectivity index (χ3v) is 5.01.